The van der Waals surface area contributed by atoms with E-state index in [1.165, 1.54) is 0 Å². The van der Waals surface area contributed by atoms with E-state index in [-0.39, 0.29) is 5.91 Å². The van der Waals surface area contributed by atoms with Gasteiger partial charge in [-0.15, -0.1) is 0 Å². The Labute approximate surface area is 158 Å². The van der Waals surface area contributed by atoms with Gasteiger partial charge in [-0.2, -0.15) is 0 Å². The number of carbonyl (C=O) groups excluding carboxylic acids is 1. The lowest BCUT2D eigenvalue weighted by Gasteiger charge is -2.36. The molecule has 2 saturated heterocycles. The van der Waals surface area contributed by atoms with Gasteiger partial charge in [-0.05, 0) is 32.0 Å². The van der Waals surface area contributed by atoms with E-state index < -0.39 is 0 Å². The van der Waals surface area contributed by atoms with E-state index in [2.05, 4.69) is 23.6 Å². The average Bonchev–Trinajstić information content (AvgIpc) is 3.11. The summed E-state index contributed by atoms with van der Waals surface area (Å²) in [4.78, 5) is 24.2. The maximum atomic E-state index is 12.7. The van der Waals surface area contributed by atoms with Crippen LogP contribution in [0.5, 0.6) is 0 Å². The van der Waals surface area contributed by atoms with Crippen LogP contribution in [0.4, 0.5) is 5.13 Å². The van der Waals surface area contributed by atoms with Crippen LogP contribution in [0, 0.1) is 0 Å². The summed E-state index contributed by atoms with van der Waals surface area (Å²) in [6.07, 6.45) is 0. The second-order valence-corrected chi connectivity index (χ2v) is 8.21. The molecule has 2 fully saturated rings. The van der Waals surface area contributed by atoms with E-state index in [9.17, 15) is 4.79 Å². The zero-order valence-electron chi connectivity index (χ0n) is 15.5. The van der Waals surface area contributed by atoms with E-state index in [1.54, 1.807) is 11.3 Å². The Morgan fingerprint density at radius 1 is 1.12 bits per heavy atom. The van der Waals surface area contributed by atoms with Crippen molar-refractivity contribution in [2.75, 3.05) is 57.4 Å². The van der Waals surface area contributed by atoms with Gasteiger partial charge in [0.25, 0.3) is 5.91 Å². The number of amides is 1. The Morgan fingerprint density at radius 2 is 1.85 bits per heavy atom. The summed E-state index contributed by atoms with van der Waals surface area (Å²) < 4.78 is 6.43. The molecule has 1 amide bonds. The lowest BCUT2D eigenvalue weighted by atomic mass is 10.2. The van der Waals surface area contributed by atoms with E-state index >= 15 is 0 Å². The summed E-state index contributed by atoms with van der Waals surface area (Å²) in [5.41, 5.74) is 1.73. The molecule has 0 saturated carbocycles. The van der Waals surface area contributed by atoms with Crippen molar-refractivity contribution < 1.29 is 9.53 Å². The molecule has 4 rings (SSSR count). The highest BCUT2D eigenvalue weighted by Crippen LogP contribution is 2.30. The van der Waals surface area contributed by atoms with Gasteiger partial charge in [-0.3, -0.25) is 9.69 Å². The van der Waals surface area contributed by atoms with Crippen LogP contribution in [0.2, 0.25) is 0 Å². The number of carbonyl (C=O) groups is 1. The SMILES string of the molecule is CC(C)N1CCN(c2nc3ccc(C(=O)N4CCOCC4)cc3s2)CC1. The van der Waals surface area contributed by atoms with Crippen molar-refractivity contribution in [1.29, 1.82) is 0 Å². The van der Waals surface area contributed by atoms with Crippen molar-refractivity contribution in [2.45, 2.75) is 19.9 Å². The minimum atomic E-state index is 0.0932. The molecule has 6 nitrogen and oxygen atoms in total. The number of morpholine rings is 1. The predicted molar refractivity (Wildman–Crippen MR) is 105 cm³/mol. The van der Waals surface area contributed by atoms with Crippen molar-refractivity contribution in [3.05, 3.63) is 23.8 Å². The maximum Gasteiger partial charge on any atom is 0.254 e. The van der Waals surface area contributed by atoms with Gasteiger partial charge in [-0.1, -0.05) is 11.3 Å². The fourth-order valence-corrected chi connectivity index (χ4v) is 4.62. The molecule has 2 aliphatic heterocycles. The first kappa shape index (κ1) is 17.7. The van der Waals surface area contributed by atoms with Crippen LogP contribution < -0.4 is 4.90 Å². The van der Waals surface area contributed by atoms with E-state index in [4.69, 9.17) is 9.72 Å². The third kappa shape index (κ3) is 3.56. The number of benzene rings is 1. The van der Waals surface area contributed by atoms with Gasteiger partial charge in [0.2, 0.25) is 0 Å². The molecule has 0 bridgehead atoms. The number of nitrogens with zero attached hydrogens (tertiary/aromatic N) is 4. The molecule has 3 heterocycles. The van der Waals surface area contributed by atoms with Gasteiger partial charge in [-0.25, -0.2) is 4.98 Å². The summed E-state index contributed by atoms with van der Waals surface area (Å²) in [7, 11) is 0. The minimum Gasteiger partial charge on any atom is -0.378 e. The molecule has 0 radical (unpaired) electrons. The molecule has 0 N–H and O–H groups in total. The van der Waals surface area contributed by atoms with E-state index in [0.29, 0.717) is 32.3 Å². The van der Waals surface area contributed by atoms with Crippen LogP contribution >= 0.6 is 11.3 Å². The molecule has 140 valence electrons. The molecule has 2 aromatic rings. The summed E-state index contributed by atoms with van der Waals surface area (Å²) >= 11 is 1.69. The number of thiazole rings is 1. The van der Waals surface area contributed by atoms with Crippen molar-refractivity contribution in [1.82, 2.24) is 14.8 Å². The quantitative estimate of drug-likeness (QED) is 0.825. The highest BCUT2D eigenvalue weighted by molar-refractivity contribution is 7.22. The molecule has 7 heteroatoms. The highest BCUT2D eigenvalue weighted by atomic mass is 32.1. The molecule has 2 aliphatic rings. The van der Waals surface area contributed by atoms with Crippen LogP contribution in [0.25, 0.3) is 10.2 Å². The summed E-state index contributed by atoms with van der Waals surface area (Å²) in [5, 5.41) is 1.07. The first-order chi connectivity index (χ1) is 12.6. The number of hydrogen-bond donors (Lipinski definition) is 0. The Hall–Kier alpha value is -1.70. The predicted octanol–water partition coefficient (Wildman–Crippen LogP) is 2.30. The Kier molecular flexibility index (Phi) is 5.11. The molecule has 26 heavy (non-hydrogen) atoms. The zero-order chi connectivity index (χ0) is 18.1. The van der Waals surface area contributed by atoms with Crippen molar-refractivity contribution in [2.24, 2.45) is 0 Å². The lowest BCUT2D eigenvalue weighted by Crippen LogP contribution is -2.48. The smallest absolute Gasteiger partial charge is 0.254 e. The first-order valence-corrected chi connectivity index (χ1v) is 10.2. The number of ether oxygens (including phenoxy) is 1. The van der Waals surface area contributed by atoms with Crippen LogP contribution in [-0.4, -0.2) is 79.2 Å². The summed E-state index contributed by atoms with van der Waals surface area (Å²) in [5.74, 6) is 0.0932. The van der Waals surface area contributed by atoms with Crippen LogP contribution in [0.1, 0.15) is 24.2 Å². The second-order valence-electron chi connectivity index (χ2n) is 7.20. The fourth-order valence-electron chi connectivity index (χ4n) is 3.56. The number of hydrogen-bond acceptors (Lipinski definition) is 6. The first-order valence-electron chi connectivity index (χ1n) is 9.38. The lowest BCUT2D eigenvalue weighted by molar-refractivity contribution is 0.0303. The largest absolute Gasteiger partial charge is 0.378 e. The van der Waals surface area contributed by atoms with Gasteiger partial charge in [0.05, 0.1) is 23.4 Å². The number of piperazine rings is 1. The number of anilines is 1. The van der Waals surface area contributed by atoms with Gasteiger partial charge >= 0.3 is 0 Å². The molecule has 0 spiro atoms. The Bertz CT molecular complexity index is 777. The zero-order valence-corrected chi connectivity index (χ0v) is 16.3. The molecule has 0 aliphatic carbocycles. The molecular formula is C19H26N4O2S. The van der Waals surface area contributed by atoms with Crippen LogP contribution in [0.15, 0.2) is 18.2 Å². The van der Waals surface area contributed by atoms with Crippen LogP contribution in [0.3, 0.4) is 0 Å². The normalized spacial score (nSPS) is 19.5. The molecule has 1 aromatic heterocycles. The minimum absolute atomic E-state index is 0.0932. The standard InChI is InChI=1S/C19H26N4O2S/c1-14(2)21-5-7-23(8-6-21)19-20-16-4-3-15(13-17(16)26-19)18(24)22-9-11-25-12-10-22/h3-4,13-14H,5-12H2,1-2H3. The summed E-state index contributed by atoms with van der Waals surface area (Å²) in [6, 6.07) is 6.48. The molecule has 0 unspecified atom stereocenters. The fraction of sp³-hybridized carbons (Fsp3) is 0.579. The third-order valence-electron chi connectivity index (χ3n) is 5.24. The van der Waals surface area contributed by atoms with E-state index in [0.717, 1.165) is 47.1 Å². The summed E-state index contributed by atoms with van der Waals surface area (Å²) in [6.45, 7) is 11.3. The van der Waals surface area contributed by atoms with Crippen molar-refractivity contribution >= 4 is 32.6 Å². The second kappa shape index (κ2) is 7.50. The maximum absolute atomic E-state index is 12.7. The topological polar surface area (TPSA) is 48.9 Å². The Morgan fingerprint density at radius 3 is 2.54 bits per heavy atom. The molecule has 0 atom stereocenters. The Balaban J connectivity index is 1.50. The van der Waals surface area contributed by atoms with Gasteiger partial charge in [0.15, 0.2) is 5.13 Å². The van der Waals surface area contributed by atoms with Gasteiger partial charge in [0, 0.05) is 50.9 Å². The van der Waals surface area contributed by atoms with Gasteiger partial charge in [0.1, 0.15) is 0 Å². The van der Waals surface area contributed by atoms with Crippen LogP contribution in [-0.2, 0) is 4.74 Å². The number of fused-ring (bicyclic) bond motifs is 1. The van der Waals surface area contributed by atoms with Crippen molar-refractivity contribution in [3.63, 3.8) is 0 Å². The monoisotopic (exact) mass is 374 g/mol. The average molecular weight is 375 g/mol. The highest BCUT2D eigenvalue weighted by Gasteiger charge is 2.22. The van der Waals surface area contributed by atoms with E-state index in [1.807, 2.05) is 23.1 Å². The number of aromatic nitrogens is 1. The van der Waals surface area contributed by atoms with Gasteiger partial charge < -0.3 is 14.5 Å². The molecule has 1 aromatic carbocycles. The van der Waals surface area contributed by atoms with Crippen molar-refractivity contribution in [3.8, 4) is 0 Å². The molecular weight excluding hydrogens is 348 g/mol. The number of rotatable bonds is 3. The third-order valence-corrected chi connectivity index (χ3v) is 6.32.